The van der Waals surface area contributed by atoms with Crippen molar-refractivity contribution in [1.29, 1.82) is 0 Å². The van der Waals surface area contributed by atoms with Gasteiger partial charge in [0.05, 0.1) is 6.61 Å². The molecule has 0 spiro atoms. The molecule has 0 aromatic carbocycles. The van der Waals surface area contributed by atoms with Crippen molar-refractivity contribution in [3.8, 4) is 0 Å². The number of hydrogen-bond donors (Lipinski definition) is 0. The van der Waals surface area contributed by atoms with Crippen molar-refractivity contribution in [3.05, 3.63) is 0 Å². The topological polar surface area (TPSA) is 55.7 Å². The largest absolute Gasteiger partial charge is 0.464 e. The molecule has 0 saturated heterocycles. The third kappa shape index (κ3) is 5.37. The van der Waals surface area contributed by atoms with Gasteiger partial charge in [-0.25, -0.2) is 9.59 Å². The first-order chi connectivity index (χ1) is 8.73. The summed E-state index contributed by atoms with van der Waals surface area (Å²) in [7, 11) is 0. The van der Waals surface area contributed by atoms with Gasteiger partial charge in [-0.05, 0) is 12.8 Å². The Bertz CT molecular complexity index is 345. The Balaban J connectivity index is 5.38. The predicted molar refractivity (Wildman–Crippen MR) is 79.2 cm³/mol. The number of ether oxygens (including phenoxy) is 1. The van der Waals surface area contributed by atoms with Gasteiger partial charge in [-0.2, -0.15) is 16.8 Å². The molecular formula is C14H25NO3S. The zero-order valence-corrected chi connectivity index (χ0v) is 13.6. The van der Waals surface area contributed by atoms with E-state index in [1.807, 2.05) is 13.8 Å². The minimum absolute atomic E-state index is 0.0103. The molecule has 0 N–H and O–H groups in total. The maximum absolute atomic E-state index is 12.3. The number of carbonyl (C=O) groups excluding carboxylic acids is 2. The third-order valence-corrected chi connectivity index (χ3v) is 4.48. The van der Waals surface area contributed by atoms with Crippen LogP contribution in [0.4, 0.5) is 0 Å². The lowest BCUT2D eigenvalue weighted by molar-refractivity contribution is -0.150. The van der Waals surface area contributed by atoms with E-state index in [2.05, 4.69) is 25.8 Å². The summed E-state index contributed by atoms with van der Waals surface area (Å²) < 4.78 is 5.11. The SMILES string of the molecule is CCOC(=O)[C@@](CSC(C)(C)C)(N=C=O)C(C)CC. The van der Waals surface area contributed by atoms with E-state index in [-0.39, 0.29) is 17.3 Å². The van der Waals surface area contributed by atoms with E-state index in [0.717, 1.165) is 6.42 Å². The van der Waals surface area contributed by atoms with E-state index in [0.29, 0.717) is 5.75 Å². The van der Waals surface area contributed by atoms with Crippen LogP contribution in [0, 0.1) is 5.92 Å². The lowest BCUT2D eigenvalue weighted by atomic mass is 9.85. The fraction of sp³-hybridized carbons (Fsp3) is 0.857. The highest BCUT2D eigenvalue weighted by Crippen LogP contribution is 2.35. The Hall–Kier alpha value is -0.800. The van der Waals surface area contributed by atoms with Gasteiger partial charge in [0.15, 0.2) is 5.54 Å². The molecule has 110 valence electrons. The average molecular weight is 287 g/mol. The summed E-state index contributed by atoms with van der Waals surface area (Å²) in [6.45, 7) is 12.1. The van der Waals surface area contributed by atoms with Crippen molar-refractivity contribution >= 4 is 23.8 Å². The smallest absolute Gasteiger partial charge is 0.336 e. The molecule has 0 aliphatic heterocycles. The molecule has 2 atom stereocenters. The highest BCUT2D eigenvalue weighted by molar-refractivity contribution is 8.00. The summed E-state index contributed by atoms with van der Waals surface area (Å²) in [5.41, 5.74) is -1.12. The second kappa shape index (κ2) is 7.71. The van der Waals surface area contributed by atoms with Crippen molar-refractivity contribution in [3.63, 3.8) is 0 Å². The Kier molecular flexibility index (Phi) is 7.38. The minimum Gasteiger partial charge on any atom is -0.464 e. The summed E-state index contributed by atoms with van der Waals surface area (Å²) >= 11 is 1.60. The number of isocyanates is 1. The van der Waals surface area contributed by atoms with Crippen molar-refractivity contribution < 1.29 is 14.3 Å². The second-order valence-corrected chi connectivity index (χ2v) is 7.36. The van der Waals surface area contributed by atoms with Gasteiger partial charge in [0.25, 0.3) is 0 Å². The highest BCUT2D eigenvalue weighted by atomic mass is 32.2. The van der Waals surface area contributed by atoms with Gasteiger partial charge >= 0.3 is 5.97 Å². The summed E-state index contributed by atoms with van der Waals surface area (Å²) in [6, 6.07) is 0. The number of hydrogen-bond acceptors (Lipinski definition) is 5. The Morgan fingerprint density at radius 1 is 1.37 bits per heavy atom. The van der Waals surface area contributed by atoms with Crippen LogP contribution < -0.4 is 0 Å². The van der Waals surface area contributed by atoms with E-state index >= 15 is 0 Å². The van der Waals surface area contributed by atoms with Crippen LogP contribution >= 0.6 is 11.8 Å². The number of aliphatic imine (C=N–C) groups is 1. The minimum atomic E-state index is -1.12. The Morgan fingerprint density at radius 2 is 1.95 bits per heavy atom. The summed E-state index contributed by atoms with van der Waals surface area (Å²) in [6.07, 6.45) is 2.31. The maximum atomic E-state index is 12.3. The van der Waals surface area contributed by atoms with Crippen LogP contribution in [0.1, 0.15) is 48.0 Å². The maximum Gasteiger partial charge on any atom is 0.336 e. The highest BCUT2D eigenvalue weighted by Gasteiger charge is 2.45. The fourth-order valence-corrected chi connectivity index (χ4v) is 2.71. The standard InChI is InChI=1S/C14H25NO3S/c1-7-11(3)14(15-10-16,12(17)18-8-2)9-19-13(4,5)6/h11H,7-9H2,1-6H3/t11?,14-/m0/s1. The lowest BCUT2D eigenvalue weighted by Gasteiger charge is -2.33. The van der Waals surface area contributed by atoms with E-state index < -0.39 is 11.5 Å². The molecule has 0 radical (unpaired) electrons. The lowest BCUT2D eigenvalue weighted by Crippen LogP contribution is -2.47. The molecule has 19 heavy (non-hydrogen) atoms. The van der Waals surface area contributed by atoms with Crippen molar-refractivity contribution in [2.75, 3.05) is 12.4 Å². The van der Waals surface area contributed by atoms with Crippen LogP contribution in [0.25, 0.3) is 0 Å². The molecule has 0 fully saturated rings. The van der Waals surface area contributed by atoms with Crippen LogP contribution in [0.15, 0.2) is 4.99 Å². The molecule has 0 saturated carbocycles. The Morgan fingerprint density at radius 3 is 2.32 bits per heavy atom. The average Bonchev–Trinajstić information content (AvgIpc) is 2.32. The number of rotatable bonds is 7. The predicted octanol–water partition coefficient (Wildman–Crippen LogP) is 3.20. The van der Waals surface area contributed by atoms with E-state index in [9.17, 15) is 9.59 Å². The first kappa shape index (κ1) is 18.2. The molecule has 0 aromatic heterocycles. The van der Waals surface area contributed by atoms with Crippen LogP contribution in [0.5, 0.6) is 0 Å². The van der Waals surface area contributed by atoms with Crippen molar-refractivity contribution in [2.45, 2.75) is 58.2 Å². The molecule has 0 aromatic rings. The normalized spacial score (nSPS) is 16.1. The van der Waals surface area contributed by atoms with Gasteiger partial charge in [-0.3, -0.25) is 0 Å². The number of esters is 1. The van der Waals surface area contributed by atoms with Crippen molar-refractivity contribution in [2.24, 2.45) is 10.9 Å². The van der Waals surface area contributed by atoms with Crippen LogP contribution in [0.2, 0.25) is 0 Å². The molecule has 0 amide bonds. The molecule has 0 rings (SSSR count). The third-order valence-electron chi connectivity index (χ3n) is 3.03. The van der Waals surface area contributed by atoms with E-state index in [1.165, 1.54) is 0 Å². The van der Waals surface area contributed by atoms with Crippen LogP contribution in [-0.2, 0) is 14.3 Å². The Labute approximate surface area is 120 Å². The number of carbonyl (C=O) groups is 1. The van der Waals surface area contributed by atoms with Gasteiger partial charge in [-0.15, -0.1) is 0 Å². The zero-order chi connectivity index (χ0) is 15.1. The number of nitrogens with zero attached hydrogens (tertiary/aromatic N) is 1. The van der Waals surface area contributed by atoms with E-state index in [1.54, 1.807) is 24.8 Å². The summed E-state index contributed by atoms with van der Waals surface area (Å²) in [5.74, 6) is -0.0631. The first-order valence-corrected chi connectivity index (χ1v) is 7.62. The molecule has 0 aliphatic carbocycles. The van der Waals surface area contributed by atoms with E-state index in [4.69, 9.17) is 4.74 Å². The second-order valence-electron chi connectivity index (χ2n) is 5.56. The summed E-state index contributed by atoms with van der Waals surface area (Å²) in [4.78, 5) is 26.9. The number of thioether (sulfide) groups is 1. The van der Waals surface area contributed by atoms with Crippen LogP contribution in [-0.4, -0.2) is 34.7 Å². The first-order valence-electron chi connectivity index (χ1n) is 6.63. The molecular weight excluding hydrogens is 262 g/mol. The zero-order valence-electron chi connectivity index (χ0n) is 12.8. The molecule has 0 aliphatic rings. The van der Waals surface area contributed by atoms with Gasteiger partial charge in [-0.1, -0.05) is 41.0 Å². The molecule has 1 unspecified atom stereocenters. The van der Waals surface area contributed by atoms with Gasteiger partial charge < -0.3 is 4.74 Å². The van der Waals surface area contributed by atoms with Crippen molar-refractivity contribution in [1.82, 2.24) is 0 Å². The molecule has 4 nitrogen and oxygen atoms in total. The quantitative estimate of drug-likeness (QED) is 0.410. The van der Waals surface area contributed by atoms with Gasteiger partial charge in [0.1, 0.15) is 0 Å². The van der Waals surface area contributed by atoms with Gasteiger partial charge in [0.2, 0.25) is 6.08 Å². The monoisotopic (exact) mass is 287 g/mol. The molecule has 0 bridgehead atoms. The summed E-state index contributed by atoms with van der Waals surface area (Å²) in [5, 5.41) is 0. The van der Waals surface area contributed by atoms with Crippen LogP contribution in [0.3, 0.4) is 0 Å². The molecule has 0 heterocycles. The fourth-order valence-electron chi connectivity index (χ4n) is 1.59. The van der Waals surface area contributed by atoms with Gasteiger partial charge in [0, 0.05) is 10.5 Å². The molecule has 5 heteroatoms.